The van der Waals surface area contributed by atoms with E-state index in [0.717, 1.165) is 0 Å². The molecule has 18 heavy (non-hydrogen) atoms. The van der Waals surface area contributed by atoms with Crippen molar-refractivity contribution in [2.75, 3.05) is 7.11 Å². The van der Waals surface area contributed by atoms with Gasteiger partial charge < -0.3 is 19.2 Å². The Morgan fingerprint density at radius 1 is 1.39 bits per heavy atom. The molecule has 0 aliphatic rings. The highest BCUT2D eigenvalue weighted by molar-refractivity contribution is 5.94. The summed E-state index contributed by atoms with van der Waals surface area (Å²) in [4.78, 5) is 11.1. The van der Waals surface area contributed by atoms with Crippen molar-refractivity contribution in [2.45, 2.75) is 13.3 Å². The van der Waals surface area contributed by atoms with Crippen LogP contribution >= 0.6 is 0 Å². The fourth-order valence-electron chi connectivity index (χ4n) is 1.71. The Morgan fingerprint density at radius 2 is 2.06 bits per heavy atom. The highest BCUT2D eigenvalue weighted by atomic mass is 16.5. The Balaban J connectivity index is 2.49. The molecule has 5 nitrogen and oxygen atoms in total. The summed E-state index contributed by atoms with van der Waals surface area (Å²) in [7, 11) is 1.56. The lowest BCUT2D eigenvalue weighted by molar-refractivity contribution is -0.255. The van der Waals surface area contributed by atoms with Gasteiger partial charge >= 0.3 is 0 Å². The molecule has 2 aromatic rings. The summed E-state index contributed by atoms with van der Waals surface area (Å²) in [5.74, 6) is -0.377. The maximum Gasteiger partial charge on any atom is 0.176 e. The van der Waals surface area contributed by atoms with Gasteiger partial charge in [-0.3, -0.25) is 0 Å². The molecular formula is C13H12NO4-. The van der Waals surface area contributed by atoms with Crippen molar-refractivity contribution in [1.29, 1.82) is 0 Å². The van der Waals surface area contributed by atoms with Crippen LogP contribution in [-0.4, -0.2) is 18.2 Å². The van der Waals surface area contributed by atoms with Crippen molar-refractivity contribution in [2.24, 2.45) is 0 Å². The number of hydrogen-bond acceptors (Lipinski definition) is 5. The summed E-state index contributed by atoms with van der Waals surface area (Å²) >= 11 is 0. The third kappa shape index (κ3) is 2.07. The molecule has 1 heterocycles. The van der Waals surface area contributed by atoms with Gasteiger partial charge in [-0.15, -0.1) is 0 Å². The Kier molecular flexibility index (Phi) is 3.32. The SMILES string of the molecule is CCc1noc(-c2ccc(OC)cc2)c1C(=O)[O-]. The number of aromatic nitrogens is 1. The summed E-state index contributed by atoms with van der Waals surface area (Å²) in [5.41, 5.74) is 1.03. The van der Waals surface area contributed by atoms with Gasteiger partial charge in [-0.2, -0.15) is 0 Å². The maximum absolute atomic E-state index is 11.1. The van der Waals surface area contributed by atoms with Crippen molar-refractivity contribution in [3.63, 3.8) is 0 Å². The molecule has 0 atom stereocenters. The first-order chi connectivity index (χ1) is 8.67. The molecule has 0 radical (unpaired) electrons. The van der Waals surface area contributed by atoms with Gasteiger partial charge in [-0.1, -0.05) is 12.1 Å². The van der Waals surface area contributed by atoms with E-state index in [2.05, 4.69) is 5.16 Å². The Hall–Kier alpha value is -2.30. The number of carbonyl (C=O) groups excluding carboxylic acids is 1. The maximum atomic E-state index is 11.1. The molecule has 0 N–H and O–H groups in total. The molecule has 94 valence electrons. The molecule has 0 saturated carbocycles. The zero-order valence-electron chi connectivity index (χ0n) is 10.1. The molecule has 0 fully saturated rings. The Labute approximate surface area is 104 Å². The minimum absolute atomic E-state index is 0.0164. The quantitative estimate of drug-likeness (QED) is 0.812. The number of rotatable bonds is 4. The standard InChI is InChI=1S/C13H13NO4/c1-3-10-11(13(15)16)12(18-14-10)8-4-6-9(17-2)7-5-8/h4-7H,3H2,1-2H3,(H,15,16)/p-1. The van der Waals surface area contributed by atoms with E-state index in [1.54, 1.807) is 31.4 Å². The topological polar surface area (TPSA) is 75.4 Å². The van der Waals surface area contributed by atoms with Crippen LogP contribution in [0.4, 0.5) is 0 Å². The van der Waals surface area contributed by atoms with Gasteiger partial charge in [0, 0.05) is 5.56 Å². The van der Waals surface area contributed by atoms with Crippen LogP contribution in [0.5, 0.6) is 5.75 Å². The number of nitrogens with zero attached hydrogens (tertiary/aromatic N) is 1. The van der Waals surface area contributed by atoms with Gasteiger partial charge in [0.25, 0.3) is 0 Å². The second-order valence-electron chi connectivity index (χ2n) is 3.70. The van der Waals surface area contributed by atoms with Gasteiger partial charge in [0.05, 0.1) is 24.3 Å². The zero-order chi connectivity index (χ0) is 13.1. The zero-order valence-corrected chi connectivity index (χ0v) is 10.1. The molecule has 0 bridgehead atoms. The molecule has 5 heteroatoms. The van der Waals surface area contributed by atoms with Crippen LogP contribution in [0.2, 0.25) is 0 Å². The minimum Gasteiger partial charge on any atom is -0.545 e. The number of aromatic carboxylic acids is 1. The summed E-state index contributed by atoms with van der Waals surface area (Å²) < 4.78 is 10.1. The van der Waals surface area contributed by atoms with Crippen molar-refractivity contribution in [3.05, 3.63) is 35.5 Å². The molecule has 0 spiro atoms. The lowest BCUT2D eigenvalue weighted by Gasteiger charge is -2.04. The highest BCUT2D eigenvalue weighted by Crippen LogP contribution is 2.27. The van der Waals surface area contributed by atoms with E-state index < -0.39 is 5.97 Å². The number of benzene rings is 1. The number of carboxylic acids is 1. The van der Waals surface area contributed by atoms with Gasteiger partial charge in [0.15, 0.2) is 5.76 Å². The van der Waals surface area contributed by atoms with Crippen LogP contribution in [0.25, 0.3) is 11.3 Å². The van der Waals surface area contributed by atoms with E-state index >= 15 is 0 Å². The van der Waals surface area contributed by atoms with Crippen molar-refractivity contribution in [3.8, 4) is 17.1 Å². The Bertz CT molecular complexity index is 557. The molecule has 0 aliphatic heterocycles. The predicted molar refractivity (Wildman–Crippen MR) is 62.2 cm³/mol. The summed E-state index contributed by atoms with van der Waals surface area (Å²) in [6, 6.07) is 6.88. The molecule has 0 amide bonds. The lowest BCUT2D eigenvalue weighted by Crippen LogP contribution is -2.23. The second kappa shape index (κ2) is 4.91. The number of hydrogen-bond donors (Lipinski definition) is 0. The first-order valence-electron chi connectivity index (χ1n) is 5.51. The van der Waals surface area contributed by atoms with Crippen LogP contribution in [-0.2, 0) is 6.42 Å². The molecule has 2 rings (SSSR count). The van der Waals surface area contributed by atoms with Crippen LogP contribution in [0.3, 0.4) is 0 Å². The molecule has 1 aromatic heterocycles. The normalized spacial score (nSPS) is 10.3. The van der Waals surface area contributed by atoms with Gasteiger partial charge in [-0.05, 0) is 30.7 Å². The molecular weight excluding hydrogens is 234 g/mol. The van der Waals surface area contributed by atoms with E-state index in [1.165, 1.54) is 0 Å². The van der Waals surface area contributed by atoms with Crippen LogP contribution < -0.4 is 9.84 Å². The van der Waals surface area contributed by atoms with Gasteiger partial charge in [0.1, 0.15) is 5.75 Å². The molecule has 0 saturated heterocycles. The summed E-state index contributed by atoms with van der Waals surface area (Å²) in [5, 5.41) is 14.9. The molecule has 0 unspecified atom stereocenters. The van der Waals surface area contributed by atoms with Crippen molar-refractivity contribution < 1.29 is 19.2 Å². The predicted octanol–water partition coefficient (Wildman–Crippen LogP) is 1.28. The van der Waals surface area contributed by atoms with Crippen LogP contribution in [0, 0.1) is 0 Å². The minimum atomic E-state index is -1.28. The summed E-state index contributed by atoms with van der Waals surface area (Å²) in [6.45, 7) is 1.81. The molecule has 0 aliphatic carbocycles. The van der Waals surface area contributed by atoms with Crippen LogP contribution in [0.15, 0.2) is 28.8 Å². The monoisotopic (exact) mass is 246 g/mol. The fourth-order valence-corrected chi connectivity index (χ4v) is 1.71. The Morgan fingerprint density at radius 3 is 2.56 bits per heavy atom. The van der Waals surface area contributed by atoms with E-state index in [9.17, 15) is 9.90 Å². The lowest BCUT2D eigenvalue weighted by atomic mass is 10.1. The van der Waals surface area contributed by atoms with E-state index in [0.29, 0.717) is 23.4 Å². The van der Waals surface area contributed by atoms with Gasteiger partial charge in [0.2, 0.25) is 0 Å². The number of ether oxygens (including phenoxy) is 1. The number of methoxy groups -OCH3 is 1. The second-order valence-corrected chi connectivity index (χ2v) is 3.70. The molecule has 1 aromatic carbocycles. The third-order valence-electron chi connectivity index (χ3n) is 2.65. The van der Waals surface area contributed by atoms with E-state index in [-0.39, 0.29) is 11.3 Å². The first-order valence-corrected chi connectivity index (χ1v) is 5.51. The average Bonchev–Trinajstić information content (AvgIpc) is 2.82. The number of carbonyl (C=O) groups is 1. The smallest absolute Gasteiger partial charge is 0.176 e. The van der Waals surface area contributed by atoms with Crippen molar-refractivity contribution >= 4 is 5.97 Å². The largest absolute Gasteiger partial charge is 0.545 e. The average molecular weight is 246 g/mol. The third-order valence-corrected chi connectivity index (χ3v) is 2.65. The first kappa shape index (κ1) is 12.2. The number of aryl methyl sites for hydroxylation is 1. The van der Waals surface area contributed by atoms with Gasteiger partial charge in [-0.25, -0.2) is 0 Å². The van der Waals surface area contributed by atoms with E-state index in [4.69, 9.17) is 9.26 Å². The summed E-state index contributed by atoms with van der Waals surface area (Å²) in [6.07, 6.45) is 0.475. The van der Waals surface area contributed by atoms with Crippen LogP contribution in [0.1, 0.15) is 23.0 Å². The van der Waals surface area contributed by atoms with Crippen molar-refractivity contribution in [1.82, 2.24) is 5.16 Å². The van der Waals surface area contributed by atoms with E-state index in [1.807, 2.05) is 6.92 Å². The highest BCUT2D eigenvalue weighted by Gasteiger charge is 2.17. The number of carboxylic acid groups (broad SMARTS) is 1. The fraction of sp³-hybridized carbons (Fsp3) is 0.231.